The highest BCUT2D eigenvalue weighted by Crippen LogP contribution is 2.35. The molecule has 0 saturated heterocycles. The van der Waals surface area contributed by atoms with Crippen LogP contribution in [0, 0.1) is 11.3 Å². The van der Waals surface area contributed by atoms with Gasteiger partial charge in [0.2, 0.25) is 5.82 Å². The van der Waals surface area contributed by atoms with Gasteiger partial charge in [-0.25, -0.2) is 4.98 Å². The third-order valence-electron chi connectivity index (χ3n) is 5.47. The van der Waals surface area contributed by atoms with E-state index in [9.17, 15) is 18.0 Å². The van der Waals surface area contributed by atoms with Gasteiger partial charge in [0.15, 0.2) is 0 Å². The number of hydrogen-bond acceptors (Lipinski definition) is 7. The predicted octanol–water partition coefficient (Wildman–Crippen LogP) is 4.49. The number of halogens is 3. The second-order valence-corrected chi connectivity index (χ2v) is 7.74. The van der Waals surface area contributed by atoms with Gasteiger partial charge in [-0.15, -0.1) is 13.2 Å². The average molecular weight is 469 g/mol. The Bertz CT molecular complexity index is 1470. The van der Waals surface area contributed by atoms with Crippen molar-refractivity contribution in [2.24, 2.45) is 0 Å². The zero-order chi connectivity index (χ0) is 24.0. The van der Waals surface area contributed by atoms with E-state index in [4.69, 9.17) is 14.9 Å². The van der Waals surface area contributed by atoms with Crippen LogP contribution in [0.3, 0.4) is 0 Å². The minimum absolute atomic E-state index is 0.00613. The molecule has 1 aliphatic rings. The summed E-state index contributed by atoms with van der Waals surface area (Å²) in [5.41, 5.74) is 2.07. The molecule has 0 saturated carbocycles. The van der Waals surface area contributed by atoms with Crippen molar-refractivity contribution in [3.8, 4) is 34.7 Å². The number of aliphatic carboxylic acids is 1. The Morgan fingerprint density at radius 2 is 2.06 bits per heavy atom. The van der Waals surface area contributed by atoms with Gasteiger partial charge in [0, 0.05) is 23.6 Å². The normalized spacial score (nSPS) is 15.3. The maximum absolute atomic E-state index is 12.6. The summed E-state index contributed by atoms with van der Waals surface area (Å²) in [6.45, 7) is 0.674. The van der Waals surface area contributed by atoms with E-state index in [0.717, 1.165) is 17.6 Å². The van der Waals surface area contributed by atoms with Crippen LogP contribution in [0.25, 0.3) is 33.9 Å². The van der Waals surface area contributed by atoms with Gasteiger partial charge in [-0.05, 0) is 42.8 Å². The molecule has 0 radical (unpaired) electrons. The lowest BCUT2D eigenvalue weighted by Crippen LogP contribution is -2.17. The van der Waals surface area contributed by atoms with Crippen LogP contribution in [0.15, 0.2) is 40.9 Å². The van der Waals surface area contributed by atoms with Gasteiger partial charge >= 0.3 is 12.3 Å². The number of carboxylic acid groups (broad SMARTS) is 1. The summed E-state index contributed by atoms with van der Waals surface area (Å²) in [6.07, 6.45) is -4.20. The lowest BCUT2D eigenvalue weighted by atomic mass is 10.0. The van der Waals surface area contributed by atoms with Crippen LogP contribution >= 0.6 is 0 Å². The number of nitriles is 1. The molecule has 2 aromatic carbocycles. The largest absolute Gasteiger partial charge is 0.573 e. The highest BCUT2D eigenvalue weighted by atomic mass is 19.4. The molecule has 0 bridgehead atoms. The van der Waals surface area contributed by atoms with E-state index in [2.05, 4.69) is 19.9 Å². The number of imidazole rings is 1. The van der Waals surface area contributed by atoms with Crippen LogP contribution in [-0.4, -0.2) is 37.1 Å². The zero-order valence-corrected chi connectivity index (χ0v) is 17.2. The van der Waals surface area contributed by atoms with E-state index in [1.807, 2.05) is 10.6 Å². The first-order valence-corrected chi connectivity index (χ1v) is 10.1. The Morgan fingerprint density at radius 1 is 1.24 bits per heavy atom. The van der Waals surface area contributed by atoms with E-state index in [-0.39, 0.29) is 35.2 Å². The van der Waals surface area contributed by atoms with Gasteiger partial charge < -0.3 is 18.9 Å². The molecule has 0 fully saturated rings. The van der Waals surface area contributed by atoms with Crippen molar-refractivity contribution in [3.05, 3.63) is 47.8 Å². The fourth-order valence-electron chi connectivity index (χ4n) is 4.09. The van der Waals surface area contributed by atoms with Crippen molar-refractivity contribution in [1.29, 1.82) is 5.26 Å². The SMILES string of the molecule is N#Cc1cc(OC(F)(F)F)cc(-c2nc(-c3ccc4c(c3)nc3n4CC[C@@H]3CC(=O)O)no2)c1. The van der Waals surface area contributed by atoms with E-state index in [1.54, 1.807) is 18.2 Å². The molecular weight excluding hydrogens is 455 g/mol. The molecule has 2 aromatic heterocycles. The van der Waals surface area contributed by atoms with Crippen LogP contribution in [0.5, 0.6) is 5.75 Å². The fourth-order valence-corrected chi connectivity index (χ4v) is 4.09. The average Bonchev–Trinajstić information content (AvgIpc) is 3.48. The fraction of sp³-hybridized carbons (Fsp3) is 0.227. The number of hydrogen-bond donors (Lipinski definition) is 1. The predicted molar refractivity (Wildman–Crippen MR) is 109 cm³/mol. The second-order valence-electron chi connectivity index (χ2n) is 7.74. The summed E-state index contributed by atoms with van der Waals surface area (Å²) >= 11 is 0. The van der Waals surface area contributed by atoms with Crippen molar-refractivity contribution >= 4 is 17.0 Å². The molecule has 5 rings (SSSR count). The summed E-state index contributed by atoms with van der Waals surface area (Å²) in [4.78, 5) is 20.0. The standard InChI is InChI=1S/C22H14F3N5O4/c23-22(24,25)33-15-6-11(10-26)5-14(7-15)21-28-19(29-34-21)12-1-2-17-16(8-12)27-20-13(9-18(31)32)3-4-30(17)20/h1-2,5-8,13H,3-4,9H2,(H,31,32)/t13-/m1/s1. The van der Waals surface area contributed by atoms with Gasteiger partial charge in [-0.3, -0.25) is 4.79 Å². The number of aromatic nitrogens is 4. The quantitative estimate of drug-likeness (QED) is 0.453. The minimum atomic E-state index is -4.92. The van der Waals surface area contributed by atoms with Crippen LogP contribution in [0.1, 0.15) is 30.1 Å². The van der Waals surface area contributed by atoms with Gasteiger partial charge in [0.05, 0.1) is 29.1 Å². The summed E-state index contributed by atoms with van der Waals surface area (Å²) in [7, 11) is 0. The molecule has 9 nitrogen and oxygen atoms in total. The number of carbonyl (C=O) groups is 1. The first kappa shape index (κ1) is 21.4. The molecule has 1 aliphatic heterocycles. The van der Waals surface area contributed by atoms with Crippen LogP contribution in [0.4, 0.5) is 13.2 Å². The van der Waals surface area contributed by atoms with Crippen LogP contribution in [-0.2, 0) is 11.3 Å². The smallest absolute Gasteiger partial charge is 0.481 e. The summed E-state index contributed by atoms with van der Waals surface area (Å²) in [6, 6.07) is 10.4. The highest BCUT2D eigenvalue weighted by Gasteiger charge is 2.32. The molecular formula is C22H14F3N5O4. The number of nitrogens with zero attached hydrogens (tertiary/aromatic N) is 5. The summed E-state index contributed by atoms with van der Waals surface area (Å²) in [5.74, 6) is -0.818. The first-order chi connectivity index (χ1) is 16.2. The van der Waals surface area contributed by atoms with Crippen molar-refractivity contribution in [3.63, 3.8) is 0 Å². The summed E-state index contributed by atoms with van der Waals surface area (Å²) < 4.78 is 49.0. The van der Waals surface area contributed by atoms with Crippen LogP contribution in [0.2, 0.25) is 0 Å². The topological polar surface area (TPSA) is 127 Å². The van der Waals surface area contributed by atoms with Crippen molar-refractivity contribution < 1.29 is 32.3 Å². The number of ether oxygens (including phenoxy) is 1. The molecule has 3 heterocycles. The van der Waals surface area contributed by atoms with E-state index in [1.165, 1.54) is 6.07 Å². The van der Waals surface area contributed by atoms with Gasteiger partial charge in [0.1, 0.15) is 11.6 Å². The molecule has 4 aromatic rings. The molecule has 0 spiro atoms. The molecule has 1 N–H and O–H groups in total. The molecule has 34 heavy (non-hydrogen) atoms. The number of carboxylic acids is 1. The molecule has 0 unspecified atom stereocenters. The molecule has 0 aliphatic carbocycles. The second kappa shape index (κ2) is 7.87. The summed E-state index contributed by atoms with van der Waals surface area (Å²) in [5, 5.41) is 22.2. The number of aryl methyl sites for hydroxylation is 1. The Labute approximate surface area is 189 Å². The Balaban J connectivity index is 1.47. The number of rotatable bonds is 5. The molecule has 0 amide bonds. The van der Waals surface area contributed by atoms with E-state index >= 15 is 0 Å². The van der Waals surface area contributed by atoms with Gasteiger partial charge in [-0.1, -0.05) is 5.16 Å². The third kappa shape index (κ3) is 4.03. The lowest BCUT2D eigenvalue weighted by molar-refractivity contribution is -0.274. The Kier molecular flexibility index (Phi) is 4.97. The number of fused-ring (bicyclic) bond motifs is 3. The number of alkyl halides is 3. The first-order valence-electron chi connectivity index (χ1n) is 10.1. The van der Waals surface area contributed by atoms with Crippen molar-refractivity contribution in [1.82, 2.24) is 19.7 Å². The molecule has 172 valence electrons. The number of benzene rings is 2. The zero-order valence-electron chi connectivity index (χ0n) is 17.2. The Morgan fingerprint density at radius 3 is 2.79 bits per heavy atom. The van der Waals surface area contributed by atoms with Gasteiger partial charge in [-0.2, -0.15) is 10.2 Å². The maximum atomic E-state index is 12.6. The van der Waals surface area contributed by atoms with Crippen LogP contribution < -0.4 is 4.74 Å². The molecule has 1 atom stereocenters. The lowest BCUT2D eigenvalue weighted by Gasteiger charge is -2.09. The van der Waals surface area contributed by atoms with Crippen molar-refractivity contribution in [2.45, 2.75) is 31.7 Å². The van der Waals surface area contributed by atoms with E-state index in [0.29, 0.717) is 29.9 Å². The Hall–Kier alpha value is -4.40. The third-order valence-corrected chi connectivity index (χ3v) is 5.47. The highest BCUT2D eigenvalue weighted by molar-refractivity contribution is 5.82. The minimum Gasteiger partial charge on any atom is -0.481 e. The van der Waals surface area contributed by atoms with Crippen molar-refractivity contribution in [2.75, 3.05) is 0 Å². The van der Waals surface area contributed by atoms with E-state index < -0.39 is 18.1 Å². The molecule has 12 heteroatoms. The maximum Gasteiger partial charge on any atom is 0.573 e. The monoisotopic (exact) mass is 469 g/mol. The van der Waals surface area contributed by atoms with Gasteiger partial charge in [0.25, 0.3) is 5.89 Å².